The van der Waals surface area contributed by atoms with E-state index in [1.165, 1.54) is 30.3 Å². The molecule has 1 unspecified atom stereocenters. The van der Waals surface area contributed by atoms with Crippen molar-refractivity contribution in [3.63, 3.8) is 0 Å². The Morgan fingerprint density at radius 3 is 2.24 bits per heavy atom. The van der Waals surface area contributed by atoms with Crippen LogP contribution in [0.3, 0.4) is 0 Å². The SMILES string of the molecule is Nc1ccccc1C(=O)NC(C(=O)O)c1ccc(O)cc1. The van der Waals surface area contributed by atoms with E-state index in [0.717, 1.165) is 0 Å². The molecule has 0 saturated heterocycles. The van der Waals surface area contributed by atoms with E-state index in [2.05, 4.69) is 5.32 Å². The Morgan fingerprint density at radius 1 is 1.05 bits per heavy atom. The molecule has 0 bridgehead atoms. The highest BCUT2D eigenvalue weighted by atomic mass is 16.4. The van der Waals surface area contributed by atoms with Crippen LogP contribution in [-0.4, -0.2) is 22.1 Å². The number of hydrogen-bond acceptors (Lipinski definition) is 4. The third kappa shape index (κ3) is 3.30. The number of carboxylic acid groups (broad SMARTS) is 1. The van der Waals surface area contributed by atoms with Gasteiger partial charge in [-0.05, 0) is 29.8 Å². The molecule has 2 aromatic rings. The van der Waals surface area contributed by atoms with Crippen LogP contribution < -0.4 is 11.1 Å². The number of hydrogen-bond donors (Lipinski definition) is 4. The first-order chi connectivity index (χ1) is 9.99. The van der Waals surface area contributed by atoms with Crippen molar-refractivity contribution in [1.82, 2.24) is 5.32 Å². The second-order valence-corrected chi connectivity index (χ2v) is 4.42. The molecule has 0 spiro atoms. The number of nitrogens with one attached hydrogen (secondary N) is 1. The summed E-state index contributed by atoms with van der Waals surface area (Å²) in [7, 11) is 0. The van der Waals surface area contributed by atoms with E-state index in [0.29, 0.717) is 5.56 Å². The average Bonchev–Trinajstić information content (AvgIpc) is 2.46. The van der Waals surface area contributed by atoms with Gasteiger partial charge in [-0.25, -0.2) is 4.79 Å². The van der Waals surface area contributed by atoms with E-state index in [-0.39, 0.29) is 17.0 Å². The molecule has 6 nitrogen and oxygen atoms in total. The van der Waals surface area contributed by atoms with E-state index in [1.807, 2.05) is 0 Å². The second-order valence-electron chi connectivity index (χ2n) is 4.42. The van der Waals surface area contributed by atoms with Crippen LogP contribution in [0.5, 0.6) is 5.75 Å². The van der Waals surface area contributed by atoms with E-state index in [9.17, 15) is 19.8 Å². The summed E-state index contributed by atoms with van der Waals surface area (Å²) < 4.78 is 0. The summed E-state index contributed by atoms with van der Waals surface area (Å²) in [5.41, 5.74) is 6.52. The van der Waals surface area contributed by atoms with Gasteiger partial charge in [0.05, 0.1) is 5.56 Å². The second kappa shape index (κ2) is 5.96. The van der Waals surface area contributed by atoms with Crippen molar-refractivity contribution in [1.29, 1.82) is 0 Å². The highest BCUT2D eigenvalue weighted by Gasteiger charge is 2.23. The monoisotopic (exact) mass is 286 g/mol. The van der Waals surface area contributed by atoms with Gasteiger partial charge in [0, 0.05) is 5.69 Å². The fourth-order valence-corrected chi connectivity index (χ4v) is 1.87. The maximum Gasteiger partial charge on any atom is 0.330 e. The lowest BCUT2D eigenvalue weighted by Gasteiger charge is -2.15. The standard InChI is InChI=1S/C15H14N2O4/c16-12-4-2-1-3-11(12)14(19)17-13(15(20)21)9-5-7-10(18)8-6-9/h1-8,13,18H,16H2,(H,17,19)(H,20,21). The lowest BCUT2D eigenvalue weighted by atomic mass is 10.1. The van der Waals surface area contributed by atoms with Gasteiger partial charge in [0.15, 0.2) is 6.04 Å². The van der Waals surface area contributed by atoms with Gasteiger partial charge in [-0.2, -0.15) is 0 Å². The highest BCUT2D eigenvalue weighted by Crippen LogP contribution is 2.19. The number of aliphatic carboxylic acids is 1. The van der Waals surface area contributed by atoms with Crippen molar-refractivity contribution in [3.05, 3.63) is 59.7 Å². The minimum atomic E-state index is -1.22. The fourth-order valence-electron chi connectivity index (χ4n) is 1.87. The Kier molecular flexibility index (Phi) is 4.08. The summed E-state index contributed by atoms with van der Waals surface area (Å²) in [5, 5.41) is 20.9. The molecule has 1 atom stereocenters. The summed E-state index contributed by atoms with van der Waals surface area (Å²) in [6.07, 6.45) is 0. The predicted octanol–water partition coefficient (Wildman–Crippen LogP) is 1.53. The van der Waals surface area contributed by atoms with Gasteiger partial charge >= 0.3 is 5.97 Å². The molecule has 2 rings (SSSR count). The van der Waals surface area contributed by atoms with Crippen LogP contribution >= 0.6 is 0 Å². The van der Waals surface area contributed by atoms with Gasteiger partial charge in [0.25, 0.3) is 5.91 Å². The maximum atomic E-state index is 12.1. The highest BCUT2D eigenvalue weighted by molar-refractivity contribution is 6.00. The lowest BCUT2D eigenvalue weighted by Crippen LogP contribution is -2.34. The van der Waals surface area contributed by atoms with Gasteiger partial charge in [-0.15, -0.1) is 0 Å². The van der Waals surface area contributed by atoms with Crippen molar-refractivity contribution >= 4 is 17.6 Å². The van der Waals surface area contributed by atoms with Crippen molar-refractivity contribution in [2.45, 2.75) is 6.04 Å². The molecule has 0 fully saturated rings. The van der Waals surface area contributed by atoms with Crippen molar-refractivity contribution < 1.29 is 19.8 Å². The molecule has 1 amide bonds. The predicted molar refractivity (Wildman–Crippen MR) is 76.8 cm³/mol. The number of nitrogens with two attached hydrogens (primary N) is 1. The first-order valence-electron chi connectivity index (χ1n) is 6.16. The Hall–Kier alpha value is -3.02. The number of para-hydroxylation sites is 1. The smallest absolute Gasteiger partial charge is 0.330 e. The van der Waals surface area contributed by atoms with Crippen LogP contribution in [0.2, 0.25) is 0 Å². The van der Waals surface area contributed by atoms with Crippen molar-refractivity contribution in [2.75, 3.05) is 5.73 Å². The Morgan fingerprint density at radius 2 is 1.67 bits per heavy atom. The topological polar surface area (TPSA) is 113 Å². The van der Waals surface area contributed by atoms with Crippen LogP contribution in [0.25, 0.3) is 0 Å². The quantitative estimate of drug-likeness (QED) is 0.637. The molecule has 0 aromatic heterocycles. The lowest BCUT2D eigenvalue weighted by molar-refractivity contribution is -0.139. The molecule has 2 aromatic carbocycles. The fraction of sp³-hybridized carbons (Fsp3) is 0.0667. The van der Waals surface area contributed by atoms with E-state index in [1.54, 1.807) is 18.2 Å². The molecule has 6 heteroatoms. The number of aromatic hydroxyl groups is 1. The number of carboxylic acids is 1. The largest absolute Gasteiger partial charge is 0.508 e. The maximum absolute atomic E-state index is 12.1. The molecular formula is C15H14N2O4. The Bertz CT molecular complexity index is 668. The van der Waals surface area contributed by atoms with Crippen LogP contribution in [0.4, 0.5) is 5.69 Å². The molecular weight excluding hydrogens is 272 g/mol. The van der Waals surface area contributed by atoms with Crippen molar-refractivity contribution in [3.8, 4) is 5.75 Å². The molecule has 5 N–H and O–H groups in total. The molecule has 0 aliphatic rings. The van der Waals surface area contributed by atoms with E-state index < -0.39 is 17.9 Å². The number of rotatable bonds is 4. The number of nitrogen functional groups attached to an aromatic ring is 1. The van der Waals surface area contributed by atoms with Gasteiger partial charge in [0.1, 0.15) is 5.75 Å². The summed E-state index contributed by atoms with van der Waals surface area (Å²) in [6, 6.07) is 10.7. The molecule has 108 valence electrons. The number of benzene rings is 2. The molecule has 0 aliphatic heterocycles. The third-order valence-corrected chi connectivity index (χ3v) is 2.95. The van der Waals surface area contributed by atoms with Gasteiger partial charge in [-0.1, -0.05) is 24.3 Å². The summed E-state index contributed by atoms with van der Waals surface area (Å²) in [4.78, 5) is 23.4. The number of phenolic OH excluding ortho intramolecular Hbond substituents is 1. The molecule has 0 saturated carbocycles. The molecule has 0 radical (unpaired) electrons. The first-order valence-corrected chi connectivity index (χ1v) is 6.16. The Balaban J connectivity index is 2.25. The minimum absolute atomic E-state index is 0.0153. The van der Waals surface area contributed by atoms with Crippen LogP contribution in [0.1, 0.15) is 22.0 Å². The molecule has 0 aliphatic carbocycles. The summed E-state index contributed by atoms with van der Waals surface area (Å²) in [6.45, 7) is 0. The molecule has 21 heavy (non-hydrogen) atoms. The minimum Gasteiger partial charge on any atom is -0.508 e. The number of amides is 1. The van der Waals surface area contributed by atoms with Crippen molar-refractivity contribution in [2.24, 2.45) is 0 Å². The summed E-state index contributed by atoms with van der Waals surface area (Å²) in [5.74, 6) is -1.77. The third-order valence-electron chi connectivity index (χ3n) is 2.95. The zero-order valence-corrected chi connectivity index (χ0v) is 11.0. The summed E-state index contributed by atoms with van der Waals surface area (Å²) >= 11 is 0. The van der Waals surface area contributed by atoms with E-state index in [4.69, 9.17) is 5.73 Å². The van der Waals surface area contributed by atoms with Gasteiger partial charge in [-0.3, -0.25) is 4.79 Å². The molecule has 0 heterocycles. The average molecular weight is 286 g/mol. The van der Waals surface area contributed by atoms with Gasteiger partial charge in [0.2, 0.25) is 0 Å². The number of carbonyl (C=O) groups excluding carboxylic acids is 1. The number of carbonyl (C=O) groups is 2. The zero-order chi connectivity index (χ0) is 15.4. The normalized spacial score (nSPS) is 11.6. The van der Waals surface area contributed by atoms with Crippen LogP contribution in [0.15, 0.2) is 48.5 Å². The van der Waals surface area contributed by atoms with Crippen LogP contribution in [0, 0.1) is 0 Å². The zero-order valence-electron chi connectivity index (χ0n) is 11.0. The first kappa shape index (κ1) is 14.4. The van der Waals surface area contributed by atoms with E-state index >= 15 is 0 Å². The Labute approximate surface area is 120 Å². The number of anilines is 1. The van der Waals surface area contributed by atoms with Gasteiger partial charge < -0.3 is 21.3 Å². The number of phenols is 1. The van der Waals surface area contributed by atoms with Crippen LogP contribution in [-0.2, 0) is 4.79 Å².